The van der Waals surface area contributed by atoms with Gasteiger partial charge in [-0.15, -0.1) is 0 Å². The van der Waals surface area contributed by atoms with E-state index >= 15 is 0 Å². The number of aryl methyl sites for hydroxylation is 2. The number of fused-ring (bicyclic) bond motifs is 1. The predicted molar refractivity (Wildman–Crippen MR) is 159 cm³/mol. The van der Waals surface area contributed by atoms with Gasteiger partial charge in [0.15, 0.2) is 0 Å². The molecule has 0 bridgehead atoms. The maximum Gasteiger partial charge on any atom is 0.410 e. The van der Waals surface area contributed by atoms with E-state index in [0.29, 0.717) is 35.7 Å². The molecule has 4 heterocycles. The van der Waals surface area contributed by atoms with Gasteiger partial charge in [0.25, 0.3) is 5.56 Å². The Bertz CT molecular complexity index is 1770. The largest absolute Gasteiger partial charge is 0.444 e. The molecule has 2 atom stereocenters. The lowest BCUT2D eigenvalue weighted by Gasteiger charge is -2.38. The third-order valence-corrected chi connectivity index (χ3v) is 7.36. The third kappa shape index (κ3) is 6.27. The minimum absolute atomic E-state index is 0.0882. The molecule has 0 spiro atoms. The summed E-state index contributed by atoms with van der Waals surface area (Å²) in [6, 6.07) is 7.01. The number of rotatable bonds is 5. The summed E-state index contributed by atoms with van der Waals surface area (Å²) in [4.78, 5) is 44.2. The van der Waals surface area contributed by atoms with E-state index in [1.165, 1.54) is 27.7 Å². The van der Waals surface area contributed by atoms with Gasteiger partial charge in [-0.2, -0.15) is 5.10 Å². The van der Waals surface area contributed by atoms with Crippen LogP contribution in [0.5, 0.6) is 0 Å². The molecule has 42 heavy (non-hydrogen) atoms. The molecular formula is C30H35ClN6O5. The number of nitrogens with zero attached hydrogens (tertiary/aromatic N) is 6. The average molecular weight is 595 g/mol. The van der Waals surface area contributed by atoms with Crippen LogP contribution in [0.1, 0.15) is 44.4 Å². The van der Waals surface area contributed by atoms with Crippen LogP contribution < -0.4 is 11.2 Å². The first-order valence-corrected chi connectivity index (χ1v) is 14.2. The Labute approximate surface area is 248 Å². The lowest BCUT2D eigenvalue weighted by atomic mass is 9.93. The first-order valence-electron chi connectivity index (χ1n) is 13.8. The van der Waals surface area contributed by atoms with Crippen molar-refractivity contribution in [3.8, 4) is 11.3 Å². The molecule has 0 saturated carbocycles. The highest BCUT2D eigenvalue weighted by Gasteiger charge is 2.32. The average Bonchev–Trinajstić information content (AvgIpc) is 3.32. The summed E-state index contributed by atoms with van der Waals surface area (Å²) in [7, 11) is 1.60. The SMILES string of the molecule is Cc1cc(Cl)cc(-c2ncnn3cc(Cn4c(=O)ccn(C)c4=O)cc23)c1CC1CN(C(=O)OC(C)(C)C)C[C@H](C)O1. The first kappa shape index (κ1) is 29.5. The number of halogens is 1. The van der Waals surface area contributed by atoms with Gasteiger partial charge >= 0.3 is 11.8 Å². The number of hydrogen-bond donors (Lipinski definition) is 0. The summed E-state index contributed by atoms with van der Waals surface area (Å²) in [5.74, 6) is 0. The minimum Gasteiger partial charge on any atom is -0.444 e. The number of hydrogen-bond acceptors (Lipinski definition) is 7. The fourth-order valence-corrected chi connectivity index (χ4v) is 5.61. The van der Waals surface area contributed by atoms with Gasteiger partial charge in [0.05, 0.1) is 43.1 Å². The quantitative estimate of drug-likeness (QED) is 0.345. The molecule has 11 nitrogen and oxygen atoms in total. The highest BCUT2D eigenvalue weighted by Crippen LogP contribution is 2.33. The number of aromatic nitrogens is 5. The number of carbonyl (C=O) groups is 1. The molecular weight excluding hydrogens is 560 g/mol. The van der Waals surface area contributed by atoms with Gasteiger partial charge in [0, 0.05) is 42.5 Å². The van der Waals surface area contributed by atoms with Crippen molar-refractivity contribution in [3.63, 3.8) is 0 Å². The zero-order valence-electron chi connectivity index (χ0n) is 24.6. The van der Waals surface area contributed by atoms with E-state index in [9.17, 15) is 14.4 Å². The Morgan fingerprint density at radius 2 is 1.95 bits per heavy atom. The van der Waals surface area contributed by atoms with E-state index in [2.05, 4.69) is 10.1 Å². The molecule has 0 aliphatic carbocycles. The van der Waals surface area contributed by atoms with Crippen LogP contribution in [0.15, 0.2) is 52.6 Å². The van der Waals surface area contributed by atoms with E-state index in [1.807, 2.05) is 52.8 Å². The Morgan fingerprint density at radius 3 is 2.69 bits per heavy atom. The van der Waals surface area contributed by atoms with Crippen LogP contribution in [-0.4, -0.2) is 65.6 Å². The fourth-order valence-electron chi connectivity index (χ4n) is 5.34. The van der Waals surface area contributed by atoms with Crippen molar-refractivity contribution in [2.75, 3.05) is 13.1 Å². The van der Waals surface area contributed by atoms with E-state index < -0.39 is 11.3 Å². The summed E-state index contributed by atoms with van der Waals surface area (Å²) in [5.41, 5.74) is 3.46. The smallest absolute Gasteiger partial charge is 0.410 e. The van der Waals surface area contributed by atoms with Crippen molar-refractivity contribution in [2.24, 2.45) is 7.05 Å². The molecule has 3 aromatic heterocycles. The predicted octanol–water partition coefficient (Wildman–Crippen LogP) is 3.83. The van der Waals surface area contributed by atoms with Crippen LogP contribution in [0.4, 0.5) is 4.79 Å². The number of carbonyl (C=O) groups excluding carboxylic acids is 1. The molecule has 1 unspecified atom stereocenters. The van der Waals surface area contributed by atoms with Crippen LogP contribution in [-0.2, 0) is 29.5 Å². The monoisotopic (exact) mass is 594 g/mol. The van der Waals surface area contributed by atoms with Crippen molar-refractivity contribution in [1.82, 2.24) is 28.6 Å². The first-order chi connectivity index (χ1) is 19.8. The van der Waals surface area contributed by atoms with E-state index in [0.717, 1.165) is 22.3 Å². The molecule has 4 aromatic rings. The normalized spacial score (nSPS) is 17.5. The van der Waals surface area contributed by atoms with Crippen LogP contribution in [0.25, 0.3) is 16.8 Å². The van der Waals surface area contributed by atoms with Gasteiger partial charge in [-0.1, -0.05) is 11.6 Å². The second-order valence-electron chi connectivity index (χ2n) is 11.8. The van der Waals surface area contributed by atoms with Crippen LogP contribution in [0.2, 0.25) is 5.02 Å². The van der Waals surface area contributed by atoms with Crippen molar-refractivity contribution >= 4 is 23.2 Å². The molecule has 1 aliphatic rings. The summed E-state index contributed by atoms with van der Waals surface area (Å²) in [5, 5.41) is 4.93. The Morgan fingerprint density at radius 1 is 1.19 bits per heavy atom. The van der Waals surface area contributed by atoms with Crippen LogP contribution >= 0.6 is 11.6 Å². The maximum absolute atomic E-state index is 12.9. The molecule has 1 aromatic carbocycles. The highest BCUT2D eigenvalue weighted by molar-refractivity contribution is 6.31. The Kier molecular flexibility index (Phi) is 8.00. The summed E-state index contributed by atoms with van der Waals surface area (Å²) >= 11 is 6.55. The molecule has 5 rings (SSSR count). The third-order valence-electron chi connectivity index (χ3n) is 7.15. The van der Waals surface area contributed by atoms with Gasteiger partial charge in [-0.3, -0.25) is 9.36 Å². The molecule has 1 amide bonds. The Hall–Kier alpha value is -3.96. The minimum atomic E-state index is -0.594. The molecule has 0 radical (unpaired) electrons. The summed E-state index contributed by atoms with van der Waals surface area (Å²) in [6.45, 7) is 10.4. The number of morpholine rings is 1. The summed E-state index contributed by atoms with van der Waals surface area (Å²) in [6.07, 6.45) is 4.40. The van der Waals surface area contributed by atoms with E-state index in [1.54, 1.807) is 22.7 Å². The van der Waals surface area contributed by atoms with Crippen molar-refractivity contribution in [3.05, 3.63) is 85.5 Å². The van der Waals surface area contributed by atoms with Gasteiger partial charge in [0.1, 0.15) is 11.9 Å². The van der Waals surface area contributed by atoms with Gasteiger partial charge in [-0.25, -0.2) is 19.1 Å². The maximum atomic E-state index is 12.9. The lowest BCUT2D eigenvalue weighted by Crippen LogP contribution is -2.51. The zero-order valence-corrected chi connectivity index (χ0v) is 25.4. The summed E-state index contributed by atoms with van der Waals surface area (Å²) < 4.78 is 16.1. The van der Waals surface area contributed by atoms with Gasteiger partial charge in [-0.05, 0) is 69.5 Å². The van der Waals surface area contributed by atoms with Gasteiger partial charge < -0.3 is 18.9 Å². The van der Waals surface area contributed by atoms with Crippen molar-refractivity contribution < 1.29 is 14.3 Å². The second-order valence-corrected chi connectivity index (χ2v) is 12.3. The molecule has 1 fully saturated rings. The zero-order chi connectivity index (χ0) is 30.3. The van der Waals surface area contributed by atoms with E-state index in [-0.39, 0.29) is 30.4 Å². The second kappa shape index (κ2) is 11.4. The number of ether oxygens (including phenoxy) is 2. The topological polar surface area (TPSA) is 113 Å². The molecule has 0 N–H and O–H groups in total. The molecule has 1 saturated heterocycles. The van der Waals surface area contributed by atoms with Crippen molar-refractivity contribution in [2.45, 2.75) is 65.4 Å². The van der Waals surface area contributed by atoms with E-state index in [4.69, 9.17) is 21.1 Å². The Balaban J connectivity index is 1.50. The van der Waals surface area contributed by atoms with Crippen molar-refractivity contribution in [1.29, 1.82) is 0 Å². The lowest BCUT2D eigenvalue weighted by molar-refractivity contribution is -0.0791. The van der Waals surface area contributed by atoms with Crippen LogP contribution in [0, 0.1) is 6.92 Å². The fraction of sp³-hybridized carbons (Fsp3) is 0.433. The molecule has 1 aliphatic heterocycles. The highest BCUT2D eigenvalue weighted by atomic mass is 35.5. The van der Waals surface area contributed by atoms with Crippen LogP contribution in [0.3, 0.4) is 0 Å². The molecule has 12 heteroatoms. The standard InChI is InChI=1S/C30H35ClN6O5/c1-18-9-21(31)11-24(23(18)12-22-16-35(13-19(2)41-22)29(40)42-30(3,4)5)27-25-10-20(15-37(25)33-17-32-27)14-36-26(38)7-8-34(6)28(36)39/h7-11,15,17,19,22H,12-14,16H2,1-6H3/t19-,22?/m0/s1. The number of amides is 1. The number of benzene rings is 1. The molecule has 222 valence electrons. The van der Waals surface area contributed by atoms with Gasteiger partial charge in [0.2, 0.25) is 0 Å².